The van der Waals surface area contributed by atoms with Gasteiger partial charge in [0.25, 0.3) is 0 Å². The molecule has 28 heavy (non-hydrogen) atoms. The fraction of sp³-hybridized carbons (Fsp3) is 0.650. The molecule has 8 heteroatoms. The number of nitrogens with zero attached hydrogens (tertiary/aromatic N) is 2. The second kappa shape index (κ2) is 9.60. The maximum atomic E-state index is 12.2. The van der Waals surface area contributed by atoms with Crippen LogP contribution in [0.4, 0.5) is 13.2 Å². The summed E-state index contributed by atoms with van der Waals surface area (Å²) < 4.78 is 41.3. The molecule has 0 bridgehead atoms. The van der Waals surface area contributed by atoms with E-state index in [1.807, 2.05) is 18.2 Å². The smallest absolute Gasteiger partial charge is 0.367 e. The third kappa shape index (κ3) is 6.98. The van der Waals surface area contributed by atoms with Crippen LogP contribution in [0.5, 0.6) is 0 Å². The molecule has 1 heterocycles. The number of aliphatic imine (C=N–C) groups is 1. The molecular weight excluding hydrogens is 369 g/mol. The van der Waals surface area contributed by atoms with Crippen molar-refractivity contribution >= 4 is 5.96 Å². The van der Waals surface area contributed by atoms with Crippen molar-refractivity contribution in [2.24, 2.45) is 4.99 Å². The average Bonchev–Trinajstić information content (AvgIpc) is 3.50. The Kier molecular flexibility index (Phi) is 7.18. The van der Waals surface area contributed by atoms with Crippen LogP contribution in [0.15, 0.2) is 29.3 Å². The van der Waals surface area contributed by atoms with Crippen LogP contribution < -0.4 is 10.6 Å². The number of halogens is 3. The van der Waals surface area contributed by atoms with Crippen LogP contribution in [0.3, 0.4) is 0 Å². The van der Waals surface area contributed by atoms with Gasteiger partial charge in [0.05, 0.1) is 6.61 Å². The van der Waals surface area contributed by atoms with Crippen LogP contribution in [0.1, 0.15) is 36.8 Å². The first-order valence-corrected chi connectivity index (χ1v) is 9.86. The quantitative estimate of drug-likeness (QED) is 0.548. The summed E-state index contributed by atoms with van der Waals surface area (Å²) in [4.78, 5) is 6.88. The lowest BCUT2D eigenvalue weighted by molar-refractivity contribution is -0.176. The average molecular weight is 398 g/mol. The Morgan fingerprint density at radius 3 is 2.54 bits per heavy atom. The van der Waals surface area contributed by atoms with Crippen molar-refractivity contribution in [1.82, 2.24) is 15.5 Å². The maximum Gasteiger partial charge on any atom is 0.411 e. The Morgan fingerprint density at radius 1 is 1.18 bits per heavy atom. The molecule has 2 N–H and O–H groups in total. The Hall–Kier alpha value is -1.80. The van der Waals surface area contributed by atoms with Crippen molar-refractivity contribution in [3.8, 4) is 0 Å². The lowest BCUT2D eigenvalue weighted by Gasteiger charge is -2.33. The Labute approximate surface area is 164 Å². The highest BCUT2D eigenvalue weighted by atomic mass is 19.4. The predicted molar refractivity (Wildman–Crippen MR) is 103 cm³/mol. The highest BCUT2D eigenvalue weighted by molar-refractivity contribution is 5.79. The lowest BCUT2D eigenvalue weighted by Crippen LogP contribution is -2.48. The molecule has 2 fully saturated rings. The van der Waals surface area contributed by atoms with Crippen LogP contribution in [-0.2, 0) is 17.9 Å². The zero-order valence-corrected chi connectivity index (χ0v) is 16.3. The van der Waals surface area contributed by atoms with Gasteiger partial charge in [0.2, 0.25) is 0 Å². The van der Waals surface area contributed by atoms with E-state index in [9.17, 15) is 13.2 Å². The highest BCUT2D eigenvalue weighted by Gasteiger charge is 2.32. The van der Waals surface area contributed by atoms with Crippen molar-refractivity contribution in [2.75, 3.05) is 26.7 Å². The molecule has 1 aromatic rings. The molecule has 0 aromatic heterocycles. The van der Waals surface area contributed by atoms with E-state index in [0.717, 1.165) is 49.1 Å². The molecule has 0 amide bonds. The molecule has 1 aromatic carbocycles. The van der Waals surface area contributed by atoms with E-state index in [4.69, 9.17) is 4.74 Å². The van der Waals surface area contributed by atoms with Gasteiger partial charge in [-0.25, -0.2) is 0 Å². The number of nitrogens with one attached hydrogen (secondary N) is 2. The van der Waals surface area contributed by atoms with Gasteiger partial charge in [0, 0.05) is 38.8 Å². The Balaban J connectivity index is 1.41. The van der Waals surface area contributed by atoms with Gasteiger partial charge in [0.15, 0.2) is 5.96 Å². The minimum absolute atomic E-state index is 0.0557. The molecule has 3 rings (SSSR count). The molecule has 0 spiro atoms. The van der Waals surface area contributed by atoms with E-state index in [2.05, 4.69) is 20.5 Å². The Morgan fingerprint density at radius 2 is 1.89 bits per heavy atom. The van der Waals surface area contributed by atoms with Gasteiger partial charge in [0.1, 0.15) is 6.61 Å². The normalized spacial score (nSPS) is 19.6. The van der Waals surface area contributed by atoms with E-state index in [1.54, 1.807) is 13.1 Å². The van der Waals surface area contributed by atoms with E-state index in [1.165, 1.54) is 12.8 Å². The standard InChI is InChI=1S/C20H29F3N4O/c1-24-19(26-17-7-9-27(10-8-17)18-5-6-18)25-12-15-3-2-4-16(11-15)13-28-14-20(21,22)23/h2-4,11,17-18H,5-10,12-14H2,1H3,(H2,24,25,26). The van der Waals surface area contributed by atoms with Gasteiger partial charge in [-0.05, 0) is 36.8 Å². The van der Waals surface area contributed by atoms with Crippen molar-refractivity contribution in [1.29, 1.82) is 0 Å². The van der Waals surface area contributed by atoms with Crippen molar-refractivity contribution in [3.05, 3.63) is 35.4 Å². The highest BCUT2D eigenvalue weighted by Crippen LogP contribution is 2.29. The molecule has 0 radical (unpaired) electrons. The topological polar surface area (TPSA) is 48.9 Å². The van der Waals surface area contributed by atoms with Crippen LogP contribution in [0.2, 0.25) is 0 Å². The van der Waals surface area contributed by atoms with E-state index < -0.39 is 12.8 Å². The molecular formula is C20H29F3N4O. The minimum atomic E-state index is -4.30. The number of hydrogen-bond donors (Lipinski definition) is 2. The number of benzene rings is 1. The summed E-state index contributed by atoms with van der Waals surface area (Å²) in [5.74, 6) is 0.753. The van der Waals surface area contributed by atoms with Crippen molar-refractivity contribution in [2.45, 2.75) is 57.1 Å². The van der Waals surface area contributed by atoms with Crippen LogP contribution >= 0.6 is 0 Å². The summed E-state index contributed by atoms with van der Waals surface area (Å²) in [6.07, 6.45) is 0.627. The molecule has 1 aliphatic heterocycles. The third-order valence-corrected chi connectivity index (χ3v) is 5.14. The second-order valence-corrected chi connectivity index (χ2v) is 7.54. The largest absolute Gasteiger partial charge is 0.411 e. The zero-order chi connectivity index (χ0) is 20.0. The van der Waals surface area contributed by atoms with Crippen molar-refractivity contribution < 1.29 is 17.9 Å². The first-order valence-electron chi connectivity index (χ1n) is 9.86. The van der Waals surface area contributed by atoms with Gasteiger partial charge in [-0.2, -0.15) is 13.2 Å². The van der Waals surface area contributed by atoms with Gasteiger partial charge in [-0.3, -0.25) is 4.99 Å². The van der Waals surface area contributed by atoms with Crippen molar-refractivity contribution in [3.63, 3.8) is 0 Å². The molecule has 0 atom stereocenters. The first kappa shape index (κ1) is 20.9. The number of rotatable bonds is 7. The number of piperidine rings is 1. The fourth-order valence-electron chi connectivity index (χ4n) is 3.54. The summed E-state index contributed by atoms with van der Waals surface area (Å²) in [6.45, 7) is 1.54. The van der Waals surface area contributed by atoms with Gasteiger partial charge < -0.3 is 20.3 Å². The number of hydrogen-bond acceptors (Lipinski definition) is 3. The first-order chi connectivity index (χ1) is 13.4. The number of guanidine groups is 1. The van der Waals surface area contributed by atoms with Crippen LogP contribution in [0.25, 0.3) is 0 Å². The molecule has 5 nitrogen and oxygen atoms in total. The zero-order valence-electron chi connectivity index (χ0n) is 16.3. The number of ether oxygens (including phenoxy) is 1. The van der Waals surface area contributed by atoms with Gasteiger partial charge in [-0.15, -0.1) is 0 Å². The molecule has 1 saturated carbocycles. The molecule has 2 aliphatic rings. The summed E-state index contributed by atoms with van der Waals surface area (Å²) in [5, 5.41) is 6.78. The summed E-state index contributed by atoms with van der Waals surface area (Å²) in [7, 11) is 1.75. The SMILES string of the molecule is CN=C(NCc1cccc(COCC(F)(F)F)c1)NC1CCN(C2CC2)CC1. The van der Waals surface area contributed by atoms with Gasteiger partial charge >= 0.3 is 6.18 Å². The number of likely N-dealkylation sites (tertiary alicyclic amines) is 1. The third-order valence-electron chi connectivity index (χ3n) is 5.14. The van der Waals surface area contributed by atoms with E-state index in [-0.39, 0.29) is 6.61 Å². The summed E-state index contributed by atoms with van der Waals surface area (Å²) >= 11 is 0. The minimum Gasteiger partial charge on any atom is -0.367 e. The summed E-state index contributed by atoms with van der Waals surface area (Å²) in [6, 6.07) is 8.62. The van der Waals surface area contributed by atoms with Gasteiger partial charge in [-0.1, -0.05) is 24.3 Å². The van der Waals surface area contributed by atoms with Crippen LogP contribution in [-0.4, -0.2) is 55.9 Å². The lowest BCUT2D eigenvalue weighted by atomic mass is 10.1. The summed E-state index contributed by atoms with van der Waals surface area (Å²) in [5.41, 5.74) is 1.69. The van der Waals surface area contributed by atoms with Crippen LogP contribution in [0, 0.1) is 0 Å². The molecule has 1 aliphatic carbocycles. The van der Waals surface area contributed by atoms with E-state index in [0.29, 0.717) is 12.6 Å². The molecule has 1 saturated heterocycles. The predicted octanol–water partition coefficient (Wildman–Crippen LogP) is 3.06. The molecule has 0 unspecified atom stereocenters. The van der Waals surface area contributed by atoms with E-state index >= 15 is 0 Å². The maximum absolute atomic E-state index is 12.2. The monoisotopic (exact) mass is 398 g/mol. The Bertz CT molecular complexity index is 653. The number of alkyl halides is 3. The fourth-order valence-corrected chi connectivity index (χ4v) is 3.54. The second-order valence-electron chi connectivity index (χ2n) is 7.54. The molecule has 156 valence electrons.